The van der Waals surface area contributed by atoms with Gasteiger partial charge in [0, 0.05) is 34.2 Å². The molecule has 0 bridgehead atoms. The van der Waals surface area contributed by atoms with Crippen LogP contribution >= 0.6 is 11.6 Å². The zero-order valence-electron chi connectivity index (χ0n) is 19.5. The van der Waals surface area contributed by atoms with Gasteiger partial charge in [-0.25, -0.2) is 22.8 Å². The number of H-pyrrole nitrogens is 1. The van der Waals surface area contributed by atoms with Crippen LogP contribution in [0, 0.1) is 12.7 Å². The molecule has 0 aliphatic heterocycles. The molecule has 12 heteroatoms. The van der Waals surface area contributed by atoms with Crippen LogP contribution in [0.15, 0.2) is 71.8 Å². The molecular weight excluding hydrogens is 521 g/mol. The number of aromatic amines is 1. The van der Waals surface area contributed by atoms with Gasteiger partial charge in [-0.05, 0) is 49.4 Å². The number of sulfonamides is 1. The molecule has 37 heavy (non-hydrogen) atoms. The normalized spacial score (nSPS) is 11.5. The van der Waals surface area contributed by atoms with E-state index >= 15 is 0 Å². The molecule has 5 rings (SSSR count). The van der Waals surface area contributed by atoms with Gasteiger partial charge < -0.3 is 9.47 Å². The third-order valence-corrected chi connectivity index (χ3v) is 7.06. The van der Waals surface area contributed by atoms with Crippen molar-refractivity contribution >= 4 is 38.2 Å². The van der Waals surface area contributed by atoms with Crippen molar-refractivity contribution in [3.63, 3.8) is 0 Å². The summed E-state index contributed by atoms with van der Waals surface area (Å²) >= 11 is 5.84. The summed E-state index contributed by atoms with van der Waals surface area (Å²) in [7, 11) is -2.68. The average Bonchev–Trinajstić information content (AvgIpc) is 3.26. The number of pyridine rings is 2. The Morgan fingerprint density at radius 1 is 1.05 bits per heavy atom. The highest BCUT2D eigenvalue weighted by Gasteiger charge is 2.20. The Kier molecular flexibility index (Phi) is 6.40. The first kappa shape index (κ1) is 24.5. The lowest BCUT2D eigenvalue weighted by Gasteiger charge is -2.11. The van der Waals surface area contributed by atoms with Gasteiger partial charge >= 0.3 is 0 Å². The summed E-state index contributed by atoms with van der Waals surface area (Å²) in [5.41, 5.74) is 2.88. The van der Waals surface area contributed by atoms with Crippen LogP contribution in [0.25, 0.3) is 22.2 Å². The topological polar surface area (TPSA) is 119 Å². The highest BCUT2D eigenvalue weighted by Crippen LogP contribution is 2.34. The second-order valence-corrected chi connectivity index (χ2v) is 10.0. The van der Waals surface area contributed by atoms with Crippen LogP contribution in [0.4, 0.5) is 10.1 Å². The van der Waals surface area contributed by atoms with Gasteiger partial charge in [0.25, 0.3) is 10.0 Å². The van der Waals surface area contributed by atoms with Crippen molar-refractivity contribution < 1.29 is 22.3 Å². The molecule has 3 aromatic heterocycles. The molecule has 0 fully saturated rings. The number of aromatic nitrogens is 4. The van der Waals surface area contributed by atoms with Crippen molar-refractivity contribution in [2.75, 3.05) is 11.8 Å². The first-order valence-electron chi connectivity index (χ1n) is 10.9. The minimum Gasteiger partial charge on any atom is -0.481 e. The number of benzene rings is 2. The zero-order chi connectivity index (χ0) is 26.2. The molecule has 5 aromatic rings. The number of fused-ring (bicyclic) bond motifs is 1. The largest absolute Gasteiger partial charge is 0.481 e. The Morgan fingerprint density at radius 3 is 2.59 bits per heavy atom. The summed E-state index contributed by atoms with van der Waals surface area (Å²) in [6, 6.07) is 14.9. The Hall–Kier alpha value is -4.22. The van der Waals surface area contributed by atoms with E-state index in [1.807, 2.05) is 6.92 Å². The van der Waals surface area contributed by atoms with Gasteiger partial charge in [-0.3, -0.25) is 9.82 Å². The van der Waals surface area contributed by atoms with Gasteiger partial charge in [-0.1, -0.05) is 23.7 Å². The second-order valence-electron chi connectivity index (χ2n) is 7.95. The van der Waals surface area contributed by atoms with E-state index in [0.29, 0.717) is 39.7 Å². The van der Waals surface area contributed by atoms with Crippen molar-refractivity contribution in [3.05, 3.63) is 83.4 Å². The molecule has 0 aliphatic rings. The van der Waals surface area contributed by atoms with Crippen molar-refractivity contribution in [2.45, 2.75) is 11.8 Å². The van der Waals surface area contributed by atoms with Crippen LogP contribution in [-0.4, -0.2) is 35.7 Å². The van der Waals surface area contributed by atoms with E-state index in [1.54, 1.807) is 48.7 Å². The average molecular weight is 540 g/mol. The first-order chi connectivity index (χ1) is 17.7. The molecule has 3 heterocycles. The Bertz CT molecular complexity index is 1730. The summed E-state index contributed by atoms with van der Waals surface area (Å²) in [4.78, 5) is 8.22. The summed E-state index contributed by atoms with van der Waals surface area (Å²) in [6.45, 7) is 1.86. The van der Waals surface area contributed by atoms with E-state index in [9.17, 15) is 12.8 Å². The Morgan fingerprint density at radius 2 is 1.84 bits per heavy atom. The quantitative estimate of drug-likeness (QED) is 0.271. The maximum atomic E-state index is 14.1. The minimum absolute atomic E-state index is 0.107. The summed E-state index contributed by atoms with van der Waals surface area (Å²) in [6.07, 6.45) is 1.56. The number of aryl methyl sites for hydroxylation is 1. The van der Waals surface area contributed by atoms with Crippen LogP contribution in [0.2, 0.25) is 5.02 Å². The van der Waals surface area contributed by atoms with Crippen LogP contribution in [-0.2, 0) is 10.0 Å². The van der Waals surface area contributed by atoms with Crippen LogP contribution < -0.4 is 14.2 Å². The molecule has 2 N–H and O–H groups in total. The molecule has 0 saturated heterocycles. The van der Waals surface area contributed by atoms with Gasteiger partial charge in [0.15, 0.2) is 0 Å². The molecule has 0 radical (unpaired) electrons. The lowest BCUT2D eigenvalue weighted by atomic mass is 10.1. The Labute approximate surface area is 216 Å². The minimum atomic E-state index is -4.19. The van der Waals surface area contributed by atoms with Crippen LogP contribution in [0.3, 0.4) is 0 Å². The Balaban J connectivity index is 1.46. The first-order valence-corrected chi connectivity index (χ1v) is 12.7. The predicted molar refractivity (Wildman–Crippen MR) is 137 cm³/mol. The molecule has 0 aliphatic carbocycles. The molecule has 0 unspecified atom stereocenters. The molecule has 0 saturated carbocycles. The molecule has 2 aromatic carbocycles. The molecular formula is C25H19ClFN5O4S. The summed E-state index contributed by atoms with van der Waals surface area (Å²) in [5.74, 6) is 0.300. The number of anilines is 1. The number of halogens is 2. The van der Waals surface area contributed by atoms with E-state index in [4.69, 9.17) is 21.1 Å². The number of nitrogens with zero attached hydrogens (tertiary/aromatic N) is 3. The molecule has 9 nitrogen and oxygen atoms in total. The summed E-state index contributed by atoms with van der Waals surface area (Å²) < 4.78 is 53.0. The third-order valence-electron chi connectivity index (χ3n) is 5.43. The van der Waals surface area contributed by atoms with Gasteiger partial charge in [-0.2, -0.15) is 5.10 Å². The number of hydrogen-bond donors (Lipinski definition) is 2. The van der Waals surface area contributed by atoms with Gasteiger partial charge in [0.1, 0.15) is 16.5 Å². The highest BCUT2D eigenvalue weighted by atomic mass is 35.5. The fourth-order valence-electron chi connectivity index (χ4n) is 3.65. The van der Waals surface area contributed by atoms with Gasteiger partial charge in [0.2, 0.25) is 11.8 Å². The van der Waals surface area contributed by atoms with E-state index in [1.165, 1.54) is 13.2 Å². The lowest BCUT2D eigenvalue weighted by molar-refractivity contribution is 0.391. The molecule has 0 atom stereocenters. The van der Waals surface area contributed by atoms with Crippen molar-refractivity contribution in [1.82, 2.24) is 20.2 Å². The maximum absolute atomic E-state index is 14.1. The van der Waals surface area contributed by atoms with Crippen LogP contribution in [0.5, 0.6) is 17.5 Å². The monoisotopic (exact) mass is 539 g/mol. The second kappa shape index (κ2) is 9.68. The fourth-order valence-corrected chi connectivity index (χ4v) is 5.05. The number of ether oxygens (including phenoxy) is 2. The van der Waals surface area contributed by atoms with Crippen molar-refractivity contribution in [1.29, 1.82) is 0 Å². The predicted octanol–water partition coefficient (Wildman–Crippen LogP) is 5.72. The van der Waals surface area contributed by atoms with Crippen LogP contribution in [0.1, 0.15) is 5.69 Å². The van der Waals surface area contributed by atoms with E-state index in [0.717, 1.165) is 17.8 Å². The fraction of sp³-hybridized carbons (Fsp3) is 0.0800. The smallest absolute Gasteiger partial charge is 0.264 e. The number of methoxy groups -OCH3 is 1. The SMILES string of the molecule is COc1cc(Oc2nc(-c3ccc(NS(=O)(=O)c4cc(Cl)ccc4F)cc3)cc3n[nH]c(C)c23)ccn1. The van der Waals surface area contributed by atoms with Crippen molar-refractivity contribution in [2.24, 2.45) is 0 Å². The van der Waals surface area contributed by atoms with E-state index < -0.39 is 20.7 Å². The maximum Gasteiger partial charge on any atom is 0.264 e. The standard InChI is InChI=1S/C25H19ClFN5O4S/c1-14-24-21(31-30-14)13-20(29-25(24)36-18-9-10-28-23(12-18)35-2)15-3-6-17(7-4-15)32-37(33,34)22-11-16(26)5-8-19(22)27/h3-13,32H,1-2H3,(H,30,31). The zero-order valence-corrected chi connectivity index (χ0v) is 21.1. The van der Waals surface area contributed by atoms with Crippen molar-refractivity contribution in [3.8, 4) is 28.8 Å². The van der Waals surface area contributed by atoms with Gasteiger partial charge in [0.05, 0.1) is 23.7 Å². The number of nitrogens with one attached hydrogen (secondary N) is 2. The van der Waals surface area contributed by atoms with Gasteiger partial charge in [-0.15, -0.1) is 0 Å². The summed E-state index contributed by atoms with van der Waals surface area (Å²) in [5, 5.41) is 8.10. The lowest BCUT2D eigenvalue weighted by Crippen LogP contribution is -2.14. The third kappa shape index (κ3) is 5.04. The van der Waals surface area contributed by atoms with E-state index in [2.05, 4.69) is 24.9 Å². The molecule has 188 valence electrons. The highest BCUT2D eigenvalue weighted by molar-refractivity contribution is 7.92. The molecule has 0 spiro atoms. The number of rotatable bonds is 7. The molecule has 0 amide bonds. The number of hydrogen-bond acceptors (Lipinski definition) is 7. The van der Waals surface area contributed by atoms with E-state index in [-0.39, 0.29) is 10.7 Å².